The molecule has 4 fully saturated rings. The molecule has 2 aromatic heterocycles. The van der Waals surface area contributed by atoms with Crippen molar-refractivity contribution >= 4 is 34.8 Å². The highest BCUT2D eigenvalue weighted by atomic mass is 19.1. The van der Waals surface area contributed by atoms with Gasteiger partial charge in [0.25, 0.3) is 0 Å². The van der Waals surface area contributed by atoms with E-state index in [0.717, 1.165) is 49.8 Å². The van der Waals surface area contributed by atoms with Crippen LogP contribution in [0.4, 0.5) is 19.7 Å². The minimum absolute atomic E-state index is 0.248. The van der Waals surface area contributed by atoms with E-state index in [9.17, 15) is 14.4 Å². The summed E-state index contributed by atoms with van der Waals surface area (Å²) in [5, 5.41) is 2.40. The lowest BCUT2D eigenvalue weighted by Gasteiger charge is -2.41. The Hall–Kier alpha value is -3.21. The Bertz CT molecular complexity index is 1350. The molecule has 1 saturated carbocycles. The number of alkyl halides is 1. The van der Waals surface area contributed by atoms with Crippen LogP contribution in [0.2, 0.25) is 0 Å². The monoisotopic (exact) mass is 582 g/mol. The highest BCUT2D eigenvalue weighted by molar-refractivity contribution is 6.06. The number of anilines is 1. The summed E-state index contributed by atoms with van der Waals surface area (Å²) < 4.78 is 23.7. The minimum atomic E-state index is -1.30. The number of piperidine rings is 2. The number of carbonyl (C=O) groups is 3. The summed E-state index contributed by atoms with van der Waals surface area (Å²) >= 11 is 0. The van der Waals surface area contributed by atoms with Crippen molar-refractivity contribution in [3.05, 3.63) is 24.0 Å². The van der Waals surface area contributed by atoms with Crippen LogP contribution in [0.25, 0.3) is 11.0 Å². The van der Waals surface area contributed by atoms with Crippen LogP contribution in [-0.2, 0) is 9.53 Å². The third-order valence-corrected chi connectivity index (χ3v) is 9.36. The number of ether oxygens (including phenoxy) is 1. The zero-order valence-electron chi connectivity index (χ0n) is 25.0. The molecule has 5 heterocycles. The van der Waals surface area contributed by atoms with Gasteiger partial charge in [-0.05, 0) is 83.5 Å². The Kier molecular flexibility index (Phi) is 7.66. The average Bonchev–Trinajstić information content (AvgIpc) is 3.25. The highest BCUT2D eigenvalue weighted by Gasteiger charge is 2.39. The van der Waals surface area contributed by atoms with E-state index in [4.69, 9.17) is 9.72 Å². The Balaban J connectivity index is 1.11. The fourth-order valence-corrected chi connectivity index (χ4v) is 6.74. The molecule has 0 atom stereocenters. The van der Waals surface area contributed by atoms with Crippen molar-refractivity contribution in [2.45, 2.75) is 95.4 Å². The number of nitrogens with zero attached hydrogens (tertiary/aromatic N) is 5. The molecule has 3 saturated heterocycles. The van der Waals surface area contributed by atoms with Crippen LogP contribution in [0, 0.1) is 0 Å². The first kappa shape index (κ1) is 28.9. The maximum atomic E-state index is 15.9. The molecule has 42 heavy (non-hydrogen) atoms. The maximum Gasteiger partial charge on any atom is 0.410 e. The van der Waals surface area contributed by atoms with Crippen LogP contribution in [0.1, 0.15) is 89.7 Å². The van der Waals surface area contributed by atoms with Gasteiger partial charge in [0.05, 0.1) is 22.9 Å². The van der Waals surface area contributed by atoms with Crippen molar-refractivity contribution in [2.24, 2.45) is 0 Å². The maximum absolute atomic E-state index is 15.9. The van der Waals surface area contributed by atoms with E-state index in [1.807, 2.05) is 26.8 Å². The van der Waals surface area contributed by atoms with E-state index in [2.05, 4.69) is 21.0 Å². The number of fused-ring (bicyclic) bond motifs is 1. The third-order valence-electron chi connectivity index (χ3n) is 9.36. The molecule has 0 radical (unpaired) electrons. The molecule has 2 aromatic rings. The molecule has 10 nitrogen and oxygen atoms in total. The molecule has 4 aliphatic rings. The van der Waals surface area contributed by atoms with Gasteiger partial charge in [0.15, 0.2) is 0 Å². The molecule has 1 aliphatic carbocycles. The van der Waals surface area contributed by atoms with E-state index in [1.165, 1.54) is 12.0 Å². The quantitative estimate of drug-likeness (QED) is 0.525. The van der Waals surface area contributed by atoms with Gasteiger partial charge in [0.2, 0.25) is 5.91 Å². The van der Waals surface area contributed by atoms with Crippen LogP contribution >= 0.6 is 0 Å². The number of pyridine rings is 1. The Labute approximate surface area is 246 Å². The van der Waals surface area contributed by atoms with E-state index in [1.54, 1.807) is 16.0 Å². The molecular formula is C31H43FN6O4. The zero-order chi connectivity index (χ0) is 29.6. The first-order valence-electron chi connectivity index (χ1n) is 15.5. The van der Waals surface area contributed by atoms with Crippen molar-refractivity contribution in [1.82, 2.24) is 24.7 Å². The predicted octanol–water partition coefficient (Wildman–Crippen LogP) is 5.13. The molecule has 228 valence electrons. The van der Waals surface area contributed by atoms with Gasteiger partial charge in [0.1, 0.15) is 11.3 Å². The Morgan fingerprint density at radius 1 is 1.10 bits per heavy atom. The van der Waals surface area contributed by atoms with Gasteiger partial charge in [-0.1, -0.05) is 0 Å². The first-order valence-corrected chi connectivity index (χ1v) is 15.5. The average molecular weight is 583 g/mol. The van der Waals surface area contributed by atoms with E-state index >= 15 is 4.39 Å². The summed E-state index contributed by atoms with van der Waals surface area (Å²) in [6, 6.07) is 2.08. The van der Waals surface area contributed by atoms with Crippen molar-refractivity contribution in [2.75, 3.05) is 44.2 Å². The number of imide groups is 1. The van der Waals surface area contributed by atoms with Crippen LogP contribution in [-0.4, -0.2) is 87.9 Å². The first-order chi connectivity index (χ1) is 20.0. The number of rotatable bonds is 5. The molecule has 6 rings (SSSR count). The van der Waals surface area contributed by atoms with Gasteiger partial charge >= 0.3 is 12.1 Å². The molecule has 4 amide bonds. The number of amides is 4. The molecule has 1 N–H and O–H groups in total. The lowest BCUT2D eigenvalue weighted by molar-refractivity contribution is -0.120. The number of aromatic nitrogens is 2. The third kappa shape index (κ3) is 5.98. The van der Waals surface area contributed by atoms with Gasteiger partial charge in [-0.3, -0.25) is 20.0 Å². The number of hydrogen-bond acceptors (Lipinski definition) is 6. The Morgan fingerprint density at radius 3 is 2.43 bits per heavy atom. The highest BCUT2D eigenvalue weighted by Crippen LogP contribution is 2.41. The SMILES string of the molecule is CC(C)(C)OC(=O)N1CCC(F)(CN2CCC(c3cn(C4CCC4)c4cc(N5CCC(=O)NC5=O)cnc34)CC2)CC1. The van der Waals surface area contributed by atoms with Crippen LogP contribution in [0.15, 0.2) is 18.5 Å². The minimum Gasteiger partial charge on any atom is -0.444 e. The molecule has 0 aromatic carbocycles. The number of urea groups is 1. The van der Waals surface area contributed by atoms with Gasteiger partial charge in [0, 0.05) is 57.7 Å². The van der Waals surface area contributed by atoms with Crippen LogP contribution < -0.4 is 10.2 Å². The summed E-state index contributed by atoms with van der Waals surface area (Å²) in [5.41, 5.74) is 2.11. The number of carbonyl (C=O) groups excluding carboxylic acids is 3. The summed E-state index contributed by atoms with van der Waals surface area (Å²) in [5.74, 6) is 0.0885. The topological polar surface area (TPSA) is 100 Å². The summed E-state index contributed by atoms with van der Waals surface area (Å²) in [6.07, 6.45) is 9.94. The van der Waals surface area contributed by atoms with E-state index < -0.39 is 17.3 Å². The molecule has 0 bridgehead atoms. The van der Waals surface area contributed by atoms with Gasteiger partial charge < -0.3 is 19.1 Å². The largest absolute Gasteiger partial charge is 0.444 e. The second-order valence-corrected chi connectivity index (χ2v) is 13.6. The number of nitrogens with one attached hydrogen (secondary N) is 1. The summed E-state index contributed by atoms with van der Waals surface area (Å²) in [4.78, 5) is 46.9. The van der Waals surface area contributed by atoms with Crippen molar-refractivity contribution in [1.29, 1.82) is 0 Å². The zero-order valence-corrected chi connectivity index (χ0v) is 25.0. The van der Waals surface area contributed by atoms with Gasteiger partial charge in [-0.25, -0.2) is 14.0 Å². The lowest BCUT2D eigenvalue weighted by atomic mass is 9.88. The molecule has 11 heteroatoms. The van der Waals surface area contributed by atoms with Crippen LogP contribution in [0.3, 0.4) is 0 Å². The standard InChI is InChI=1S/C31H43FN6O4/c1-30(2,3)42-29(41)36-15-10-31(32,11-16-36)20-35-12-7-21(8-13-35)24-19-38(22-5-4-6-22)25-17-23(18-33-27(24)25)37-14-9-26(39)34-28(37)40/h17-19,21-22H,4-16,20H2,1-3H3,(H,34,39,40). The van der Waals surface area contributed by atoms with Gasteiger partial charge in [-0.2, -0.15) is 0 Å². The van der Waals surface area contributed by atoms with Crippen molar-refractivity contribution < 1.29 is 23.5 Å². The molecule has 0 unspecified atom stereocenters. The fraction of sp³-hybridized carbons (Fsp3) is 0.677. The predicted molar refractivity (Wildman–Crippen MR) is 157 cm³/mol. The summed E-state index contributed by atoms with van der Waals surface area (Å²) in [7, 11) is 0. The van der Waals surface area contributed by atoms with Crippen LogP contribution in [0.5, 0.6) is 0 Å². The summed E-state index contributed by atoms with van der Waals surface area (Å²) in [6.45, 7) is 8.68. The molecule has 3 aliphatic heterocycles. The van der Waals surface area contributed by atoms with E-state index in [0.29, 0.717) is 56.7 Å². The lowest BCUT2D eigenvalue weighted by Crippen LogP contribution is -2.51. The molecular weight excluding hydrogens is 539 g/mol. The Morgan fingerprint density at radius 2 is 1.81 bits per heavy atom. The fourth-order valence-electron chi connectivity index (χ4n) is 6.74. The number of hydrogen-bond donors (Lipinski definition) is 1. The number of halogens is 1. The van der Waals surface area contributed by atoms with Crippen molar-refractivity contribution in [3.8, 4) is 0 Å². The van der Waals surface area contributed by atoms with E-state index in [-0.39, 0.29) is 18.4 Å². The van der Waals surface area contributed by atoms with Crippen molar-refractivity contribution in [3.63, 3.8) is 0 Å². The number of likely N-dealkylation sites (tertiary alicyclic amines) is 2. The second-order valence-electron chi connectivity index (χ2n) is 13.6. The second kappa shape index (κ2) is 11.1. The smallest absolute Gasteiger partial charge is 0.410 e. The molecule has 0 spiro atoms. The van der Waals surface area contributed by atoms with Gasteiger partial charge in [-0.15, -0.1) is 0 Å². The normalized spacial score (nSPS) is 22.8.